The lowest BCUT2D eigenvalue weighted by Crippen LogP contribution is -2.58. The molecule has 1 amide bonds. The third-order valence-electron chi connectivity index (χ3n) is 10.7. The maximum Gasteiger partial charge on any atom is 0.220 e. The van der Waals surface area contributed by atoms with Gasteiger partial charge >= 0.3 is 0 Å². The molecule has 6 nitrogen and oxygen atoms in total. The Morgan fingerprint density at radius 2 is 1.72 bits per heavy atom. The zero-order valence-corrected chi connectivity index (χ0v) is 20.0. The smallest absolute Gasteiger partial charge is 0.220 e. The molecule has 0 saturated heterocycles. The highest BCUT2D eigenvalue weighted by atomic mass is 16.4. The lowest BCUT2D eigenvalue weighted by Gasteiger charge is -2.62. The van der Waals surface area contributed by atoms with Crippen molar-refractivity contribution in [3.8, 4) is 0 Å². The van der Waals surface area contributed by atoms with Crippen LogP contribution in [0, 0.1) is 46.3 Å². The standard InChI is InChI=1S/C26H43NO5/c1-15(4-7-22(30)27-14-23(31)32)18-5-6-19-24-20(9-11-26(18,19)3)25(2)10-8-17(28)12-16(25)13-21(24)29/h15-21,24,28-29H,4-14H2,1-3H3,(H,27,30)(H,31,32)/p-1/t15-,16+,17-,18-,19+,20+,21-,24+,25+,26-/m1/s1. The third kappa shape index (κ3) is 4.11. The predicted molar refractivity (Wildman–Crippen MR) is 119 cm³/mol. The number of aliphatic hydroxyl groups excluding tert-OH is 2. The van der Waals surface area contributed by atoms with Gasteiger partial charge in [0.25, 0.3) is 0 Å². The van der Waals surface area contributed by atoms with Gasteiger partial charge < -0.3 is 25.4 Å². The van der Waals surface area contributed by atoms with E-state index in [0.717, 1.165) is 51.4 Å². The van der Waals surface area contributed by atoms with Crippen LogP contribution in [0.1, 0.15) is 85.0 Å². The summed E-state index contributed by atoms with van der Waals surface area (Å²) >= 11 is 0. The van der Waals surface area contributed by atoms with Crippen molar-refractivity contribution < 1.29 is 24.9 Å². The van der Waals surface area contributed by atoms with Gasteiger partial charge in [-0.05, 0) is 104 Å². The Balaban J connectivity index is 1.44. The zero-order valence-electron chi connectivity index (χ0n) is 20.0. The van der Waals surface area contributed by atoms with Gasteiger partial charge in [0.15, 0.2) is 0 Å². The van der Waals surface area contributed by atoms with Crippen molar-refractivity contribution >= 4 is 11.9 Å². The number of carboxylic acids is 1. The fourth-order valence-corrected chi connectivity index (χ4v) is 8.99. The van der Waals surface area contributed by atoms with Crippen molar-refractivity contribution in [1.29, 1.82) is 0 Å². The first-order valence-corrected chi connectivity index (χ1v) is 12.9. The van der Waals surface area contributed by atoms with Crippen LogP contribution in [0.4, 0.5) is 0 Å². The zero-order chi connectivity index (χ0) is 23.3. The van der Waals surface area contributed by atoms with E-state index < -0.39 is 12.5 Å². The quantitative estimate of drug-likeness (QED) is 0.577. The second kappa shape index (κ2) is 8.90. The van der Waals surface area contributed by atoms with E-state index in [0.29, 0.717) is 41.9 Å². The molecule has 4 rings (SSSR count). The topological polar surface area (TPSA) is 110 Å². The number of nitrogens with one attached hydrogen (secondary N) is 1. The number of hydrogen-bond donors (Lipinski definition) is 3. The number of carbonyl (C=O) groups is 2. The summed E-state index contributed by atoms with van der Waals surface area (Å²) in [6.45, 7) is 6.70. The lowest BCUT2D eigenvalue weighted by molar-refractivity contribution is -0.304. The van der Waals surface area contributed by atoms with E-state index in [9.17, 15) is 24.9 Å². The summed E-state index contributed by atoms with van der Waals surface area (Å²) < 4.78 is 0. The summed E-state index contributed by atoms with van der Waals surface area (Å²) in [7, 11) is 0. The predicted octanol–water partition coefficient (Wildman–Crippen LogP) is 2.26. The Kier molecular flexibility index (Phi) is 6.68. The minimum Gasteiger partial charge on any atom is -0.548 e. The number of carboxylic acid groups (broad SMARTS) is 1. The molecule has 0 aromatic rings. The van der Waals surface area contributed by atoms with Crippen LogP contribution in [0.25, 0.3) is 0 Å². The maximum absolute atomic E-state index is 12.0. The van der Waals surface area contributed by atoms with E-state index in [1.54, 1.807) is 0 Å². The maximum atomic E-state index is 12.0. The molecule has 4 fully saturated rings. The van der Waals surface area contributed by atoms with Crippen molar-refractivity contribution in [2.24, 2.45) is 46.3 Å². The Labute approximate surface area is 192 Å². The second-order valence-electron chi connectivity index (χ2n) is 12.1. The van der Waals surface area contributed by atoms with Gasteiger partial charge in [-0.2, -0.15) is 0 Å². The van der Waals surface area contributed by atoms with E-state index in [2.05, 4.69) is 26.1 Å². The lowest BCUT2D eigenvalue weighted by atomic mass is 9.43. The monoisotopic (exact) mass is 448 g/mol. The summed E-state index contributed by atoms with van der Waals surface area (Å²) in [6.07, 6.45) is 8.95. The van der Waals surface area contributed by atoms with Crippen molar-refractivity contribution in [2.75, 3.05) is 6.54 Å². The number of fused-ring (bicyclic) bond motifs is 5. The molecule has 0 aliphatic heterocycles. The SMILES string of the molecule is C[C@H](CCC(=O)NCC(=O)[O-])[C@H]1CC[C@H]2[C@@H]3[C@H](O)C[C@@H]4C[C@H](O)CC[C@]4(C)[C@H]3CC[C@]12C. The largest absolute Gasteiger partial charge is 0.548 e. The number of hydrogen-bond acceptors (Lipinski definition) is 5. The van der Waals surface area contributed by atoms with Crippen molar-refractivity contribution in [2.45, 2.75) is 97.2 Å². The average Bonchev–Trinajstić information content (AvgIpc) is 3.09. The van der Waals surface area contributed by atoms with Crippen LogP contribution in [-0.2, 0) is 9.59 Å². The van der Waals surface area contributed by atoms with Crippen molar-refractivity contribution in [1.82, 2.24) is 5.32 Å². The molecule has 4 saturated carbocycles. The number of amides is 1. The Morgan fingerprint density at radius 3 is 2.44 bits per heavy atom. The Morgan fingerprint density at radius 1 is 1.03 bits per heavy atom. The average molecular weight is 449 g/mol. The highest BCUT2D eigenvalue weighted by Crippen LogP contribution is 2.68. The van der Waals surface area contributed by atoms with Gasteiger partial charge in [0.2, 0.25) is 5.91 Å². The van der Waals surface area contributed by atoms with E-state index in [4.69, 9.17) is 0 Å². The molecule has 32 heavy (non-hydrogen) atoms. The summed E-state index contributed by atoms with van der Waals surface area (Å²) in [5.41, 5.74) is 0.436. The molecule has 6 heteroatoms. The van der Waals surface area contributed by atoms with Gasteiger partial charge in [0, 0.05) is 6.42 Å². The molecule has 0 spiro atoms. The fourth-order valence-electron chi connectivity index (χ4n) is 8.99. The second-order valence-corrected chi connectivity index (χ2v) is 12.1. The normalized spacial score (nSPS) is 46.5. The van der Waals surface area contributed by atoms with Gasteiger partial charge in [0.1, 0.15) is 0 Å². The van der Waals surface area contributed by atoms with Gasteiger partial charge in [0.05, 0.1) is 24.7 Å². The van der Waals surface area contributed by atoms with Gasteiger partial charge in [-0.15, -0.1) is 0 Å². The Hall–Kier alpha value is -1.14. The van der Waals surface area contributed by atoms with E-state index >= 15 is 0 Å². The first-order valence-electron chi connectivity index (χ1n) is 12.9. The van der Waals surface area contributed by atoms with Crippen LogP contribution in [0.15, 0.2) is 0 Å². The molecule has 4 aliphatic rings. The van der Waals surface area contributed by atoms with Gasteiger partial charge in [-0.1, -0.05) is 20.8 Å². The van der Waals surface area contributed by atoms with E-state index in [-0.39, 0.29) is 28.9 Å². The van der Waals surface area contributed by atoms with Crippen molar-refractivity contribution in [3.63, 3.8) is 0 Å². The molecule has 0 heterocycles. The van der Waals surface area contributed by atoms with Crippen LogP contribution in [-0.4, -0.2) is 40.8 Å². The minimum atomic E-state index is -1.26. The molecule has 0 bridgehead atoms. The number of carbonyl (C=O) groups excluding carboxylic acids is 2. The molecule has 3 N–H and O–H groups in total. The van der Waals surface area contributed by atoms with Crippen LogP contribution >= 0.6 is 0 Å². The highest BCUT2D eigenvalue weighted by molar-refractivity contribution is 5.80. The first kappa shape index (κ1) is 24.0. The molecule has 0 radical (unpaired) electrons. The summed E-state index contributed by atoms with van der Waals surface area (Å²) in [4.78, 5) is 22.6. The number of aliphatic hydroxyl groups is 2. The molecular formula is C26H42NO5-. The molecule has 10 atom stereocenters. The number of aliphatic carboxylic acids is 1. The van der Waals surface area contributed by atoms with Gasteiger partial charge in [-0.3, -0.25) is 4.79 Å². The molecule has 0 unspecified atom stereocenters. The van der Waals surface area contributed by atoms with Crippen LogP contribution < -0.4 is 10.4 Å². The minimum absolute atomic E-state index is 0.195. The summed E-state index contributed by atoms with van der Waals surface area (Å²) in [5.74, 6) is 1.31. The van der Waals surface area contributed by atoms with Crippen molar-refractivity contribution in [3.05, 3.63) is 0 Å². The molecule has 182 valence electrons. The van der Waals surface area contributed by atoms with Crippen LogP contribution in [0.5, 0.6) is 0 Å². The Bertz CT molecular complexity index is 727. The van der Waals surface area contributed by atoms with Crippen LogP contribution in [0.3, 0.4) is 0 Å². The van der Waals surface area contributed by atoms with Crippen LogP contribution in [0.2, 0.25) is 0 Å². The summed E-state index contributed by atoms with van der Waals surface area (Å²) in [6, 6.07) is 0. The number of rotatable bonds is 6. The first-order chi connectivity index (χ1) is 15.1. The van der Waals surface area contributed by atoms with E-state index in [1.807, 2.05) is 0 Å². The molecule has 0 aromatic carbocycles. The molecule has 0 aromatic heterocycles. The summed E-state index contributed by atoms with van der Waals surface area (Å²) in [5, 5.41) is 34.5. The van der Waals surface area contributed by atoms with Gasteiger partial charge in [-0.25, -0.2) is 0 Å². The van der Waals surface area contributed by atoms with E-state index in [1.165, 1.54) is 6.42 Å². The molecule has 4 aliphatic carbocycles. The highest BCUT2D eigenvalue weighted by Gasteiger charge is 2.62. The fraction of sp³-hybridized carbons (Fsp3) is 0.923. The third-order valence-corrected chi connectivity index (χ3v) is 10.7. The molecular weight excluding hydrogens is 406 g/mol.